The normalized spacial score (nSPS) is 12.1. The lowest BCUT2D eigenvalue weighted by Crippen LogP contribution is -2.16. The molecule has 0 fully saturated rings. The Morgan fingerprint density at radius 1 is 0.857 bits per heavy atom. The number of pyridine rings is 1. The maximum Gasteiger partial charge on any atom is 0.152 e. The van der Waals surface area contributed by atoms with E-state index in [9.17, 15) is 0 Å². The molecule has 1 unspecified atom stereocenters. The van der Waals surface area contributed by atoms with Crippen LogP contribution in [0.3, 0.4) is 0 Å². The molecule has 1 atom stereocenters. The van der Waals surface area contributed by atoms with Gasteiger partial charge in [0.1, 0.15) is 24.2 Å². The van der Waals surface area contributed by atoms with E-state index in [1.807, 2.05) is 79.7 Å². The van der Waals surface area contributed by atoms with Gasteiger partial charge < -0.3 is 9.47 Å². The van der Waals surface area contributed by atoms with Gasteiger partial charge in [-0.3, -0.25) is 0 Å². The molecule has 35 heavy (non-hydrogen) atoms. The molecule has 2 heterocycles. The standard InChI is InChI=1S/C28H25N5O2/c1-20(17-28-30-32-33-31-28)35-26-7-4-5-22(18-26)10-9-21-11-15-25(16-12-21)34-19-24-14-13-23-6-2-3-8-27(23)29-24/h2-16,18,20H,17,19H2,1H3,(H,30,31,32,33). The van der Waals surface area contributed by atoms with Gasteiger partial charge in [-0.1, -0.05) is 60.7 Å². The largest absolute Gasteiger partial charge is 0.490 e. The molecule has 0 amide bonds. The van der Waals surface area contributed by atoms with Gasteiger partial charge in [0.2, 0.25) is 0 Å². The van der Waals surface area contributed by atoms with Crippen molar-refractivity contribution in [1.29, 1.82) is 0 Å². The van der Waals surface area contributed by atoms with Crippen molar-refractivity contribution >= 4 is 23.1 Å². The van der Waals surface area contributed by atoms with Crippen LogP contribution < -0.4 is 9.47 Å². The van der Waals surface area contributed by atoms with Crippen LogP contribution in [-0.4, -0.2) is 31.7 Å². The molecule has 0 aliphatic carbocycles. The van der Waals surface area contributed by atoms with Gasteiger partial charge in [-0.15, -0.1) is 5.10 Å². The predicted octanol–water partition coefficient (Wildman–Crippen LogP) is 5.51. The number of rotatable bonds is 9. The average Bonchev–Trinajstić information content (AvgIpc) is 3.40. The number of fused-ring (bicyclic) bond motifs is 1. The smallest absolute Gasteiger partial charge is 0.152 e. The van der Waals surface area contributed by atoms with Crippen molar-refractivity contribution in [2.75, 3.05) is 0 Å². The first-order valence-corrected chi connectivity index (χ1v) is 11.5. The topological polar surface area (TPSA) is 85.8 Å². The summed E-state index contributed by atoms with van der Waals surface area (Å²) in [5, 5.41) is 15.0. The van der Waals surface area contributed by atoms with Crippen LogP contribution in [-0.2, 0) is 13.0 Å². The third kappa shape index (κ3) is 6.09. The summed E-state index contributed by atoms with van der Waals surface area (Å²) in [6, 6.07) is 28.2. The Morgan fingerprint density at radius 2 is 1.71 bits per heavy atom. The summed E-state index contributed by atoms with van der Waals surface area (Å²) in [5.41, 5.74) is 4.02. The summed E-state index contributed by atoms with van der Waals surface area (Å²) in [6.07, 6.45) is 4.68. The van der Waals surface area contributed by atoms with Gasteiger partial charge in [-0.2, -0.15) is 0 Å². The number of nitrogens with zero attached hydrogens (tertiary/aromatic N) is 4. The van der Waals surface area contributed by atoms with E-state index in [0.717, 1.165) is 39.2 Å². The van der Waals surface area contributed by atoms with Crippen LogP contribution in [0.4, 0.5) is 0 Å². The maximum atomic E-state index is 6.01. The monoisotopic (exact) mass is 463 g/mol. The summed E-state index contributed by atoms with van der Waals surface area (Å²) in [5.74, 6) is 2.32. The van der Waals surface area contributed by atoms with Crippen LogP contribution in [0.5, 0.6) is 11.5 Å². The van der Waals surface area contributed by atoms with Crippen LogP contribution in [0, 0.1) is 0 Å². The van der Waals surface area contributed by atoms with Gasteiger partial charge in [0, 0.05) is 11.8 Å². The van der Waals surface area contributed by atoms with Crippen LogP contribution in [0.2, 0.25) is 0 Å². The number of hydrogen-bond donors (Lipinski definition) is 1. The first-order chi connectivity index (χ1) is 17.2. The molecule has 0 saturated heterocycles. The fourth-order valence-corrected chi connectivity index (χ4v) is 3.72. The molecular formula is C28H25N5O2. The van der Waals surface area contributed by atoms with Gasteiger partial charge in [0.15, 0.2) is 5.82 Å². The molecule has 0 aliphatic rings. The second kappa shape index (κ2) is 10.6. The molecule has 0 spiro atoms. The molecule has 5 aromatic rings. The molecule has 2 aromatic heterocycles. The van der Waals surface area contributed by atoms with Crippen LogP contribution >= 0.6 is 0 Å². The minimum Gasteiger partial charge on any atom is -0.490 e. The quantitative estimate of drug-likeness (QED) is 0.290. The van der Waals surface area contributed by atoms with E-state index >= 15 is 0 Å². The minimum atomic E-state index is -0.0543. The Labute approximate surface area is 203 Å². The van der Waals surface area contributed by atoms with Crippen LogP contribution in [0.15, 0.2) is 84.9 Å². The molecule has 0 bridgehead atoms. The van der Waals surface area contributed by atoms with Gasteiger partial charge >= 0.3 is 0 Å². The Morgan fingerprint density at radius 3 is 2.57 bits per heavy atom. The van der Waals surface area contributed by atoms with Crippen molar-refractivity contribution in [2.45, 2.75) is 26.1 Å². The van der Waals surface area contributed by atoms with Crippen LogP contribution in [0.1, 0.15) is 29.6 Å². The number of tetrazole rings is 1. The number of aromatic amines is 1. The van der Waals surface area contributed by atoms with Gasteiger partial charge in [0.25, 0.3) is 0 Å². The molecule has 7 heteroatoms. The molecule has 0 aliphatic heterocycles. The number of H-pyrrole nitrogens is 1. The van der Waals surface area contributed by atoms with Crippen molar-refractivity contribution < 1.29 is 9.47 Å². The van der Waals surface area contributed by atoms with E-state index in [-0.39, 0.29) is 6.10 Å². The summed E-state index contributed by atoms with van der Waals surface area (Å²) in [4.78, 5) is 4.66. The lowest BCUT2D eigenvalue weighted by Gasteiger charge is -2.13. The van der Waals surface area contributed by atoms with E-state index in [1.54, 1.807) is 0 Å². The molecule has 7 nitrogen and oxygen atoms in total. The zero-order chi connectivity index (χ0) is 23.9. The second-order valence-electron chi connectivity index (χ2n) is 8.24. The molecule has 174 valence electrons. The number of para-hydroxylation sites is 1. The van der Waals surface area contributed by atoms with Crippen molar-refractivity contribution in [3.63, 3.8) is 0 Å². The fraction of sp³-hybridized carbons (Fsp3) is 0.143. The lowest BCUT2D eigenvalue weighted by molar-refractivity contribution is 0.219. The molecule has 0 radical (unpaired) electrons. The Balaban J connectivity index is 1.16. The highest BCUT2D eigenvalue weighted by Gasteiger charge is 2.08. The number of nitrogens with one attached hydrogen (secondary N) is 1. The Hall–Kier alpha value is -4.52. The van der Waals surface area contributed by atoms with E-state index in [0.29, 0.717) is 18.9 Å². The molecular weight excluding hydrogens is 438 g/mol. The summed E-state index contributed by atoms with van der Waals surface area (Å²) < 4.78 is 11.9. The summed E-state index contributed by atoms with van der Waals surface area (Å²) in [7, 11) is 0. The predicted molar refractivity (Wildman–Crippen MR) is 136 cm³/mol. The van der Waals surface area contributed by atoms with Crippen LogP contribution in [0.25, 0.3) is 23.1 Å². The summed E-state index contributed by atoms with van der Waals surface area (Å²) in [6.45, 7) is 2.42. The Kier molecular flexibility index (Phi) is 6.75. The van der Waals surface area contributed by atoms with Crippen molar-refractivity contribution in [3.8, 4) is 11.5 Å². The summed E-state index contributed by atoms with van der Waals surface area (Å²) >= 11 is 0. The zero-order valence-corrected chi connectivity index (χ0v) is 19.3. The second-order valence-corrected chi connectivity index (χ2v) is 8.24. The van der Waals surface area contributed by atoms with Gasteiger partial charge in [-0.05, 0) is 64.9 Å². The molecule has 0 saturated carbocycles. The van der Waals surface area contributed by atoms with E-state index in [1.165, 1.54) is 0 Å². The average molecular weight is 464 g/mol. The van der Waals surface area contributed by atoms with E-state index in [2.05, 4.69) is 49.9 Å². The Bertz CT molecular complexity index is 1420. The molecule has 3 aromatic carbocycles. The highest BCUT2D eigenvalue weighted by molar-refractivity contribution is 5.78. The number of aromatic nitrogens is 5. The minimum absolute atomic E-state index is 0.0543. The third-order valence-corrected chi connectivity index (χ3v) is 5.46. The highest BCUT2D eigenvalue weighted by Crippen LogP contribution is 2.20. The van der Waals surface area contributed by atoms with Crippen molar-refractivity contribution in [1.82, 2.24) is 25.6 Å². The fourth-order valence-electron chi connectivity index (χ4n) is 3.72. The van der Waals surface area contributed by atoms with E-state index in [4.69, 9.17) is 9.47 Å². The first-order valence-electron chi connectivity index (χ1n) is 11.5. The maximum absolute atomic E-state index is 6.01. The lowest BCUT2D eigenvalue weighted by atomic mass is 10.1. The number of benzene rings is 3. The van der Waals surface area contributed by atoms with E-state index < -0.39 is 0 Å². The van der Waals surface area contributed by atoms with Gasteiger partial charge in [0.05, 0.1) is 11.2 Å². The van der Waals surface area contributed by atoms with Gasteiger partial charge in [-0.25, -0.2) is 10.1 Å². The molecule has 1 N–H and O–H groups in total. The third-order valence-electron chi connectivity index (χ3n) is 5.46. The first kappa shape index (κ1) is 22.3. The number of ether oxygens (including phenoxy) is 2. The SMILES string of the molecule is CC(Cc1nnn[nH]1)Oc1cccc(C=Cc2ccc(OCc3ccc4ccccc4n3)cc2)c1. The highest BCUT2D eigenvalue weighted by atomic mass is 16.5. The van der Waals surface area contributed by atoms with Crippen molar-refractivity contribution in [3.05, 3.63) is 108 Å². The zero-order valence-electron chi connectivity index (χ0n) is 19.3. The molecule has 5 rings (SSSR count). The number of hydrogen-bond acceptors (Lipinski definition) is 6. The van der Waals surface area contributed by atoms with Crippen molar-refractivity contribution in [2.24, 2.45) is 0 Å².